The number of nitrogens with zero attached hydrogens (tertiary/aromatic N) is 4. The van der Waals surface area contributed by atoms with Crippen LogP contribution in [0.4, 0.5) is 29.3 Å². The van der Waals surface area contributed by atoms with Gasteiger partial charge in [-0.05, 0) is 128 Å². The van der Waals surface area contributed by atoms with Gasteiger partial charge in [-0.2, -0.15) is 13.2 Å². The van der Waals surface area contributed by atoms with Crippen molar-refractivity contribution in [2.45, 2.75) is 83.4 Å². The number of halogens is 7. The number of rotatable bonds is 9. The number of amides is 3. The minimum Gasteiger partial charge on any atom is -0.444 e. The van der Waals surface area contributed by atoms with Crippen LogP contribution in [0.1, 0.15) is 75.1 Å². The van der Waals surface area contributed by atoms with E-state index in [-0.39, 0.29) is 48.1 Å². The maximum absolute atomic E-state index is 13.7. The lowest BCUT2D eigenvalue weighted by Crippen LogP contribution is -2.44. The van der Waals surface area contributed by atoms with Gasteiger partial charge in [0, 0.05) is 95.1 Å². The van der Waals surface area contributed by atoms with Crippen molar-refractivity contribution in [2.24, 2.45) is 0 Å². The third-order valence-corrected chi connectivity index (χ3v) is 11.5. The first-order valence-corrected chi connectivity index (χ1v) is 24.5. The second-order valence-electron chi connectivity index (χ2n) is 17.7. The number of ketones is 2. The summed E-state index contributed by atoms with van der Waals surface area (Å²) in [6.07, 6.45) is -1.92. The average Bonchev–Trinajstić information content (AvgIpc) is 3.49. The summed E-state index contributed by atoms with van der Waals surface area (Å²) in [5.41, 5.74) is 11.9. The van der Waals surface area contributed by atoms with Gasteiger partial charge in [-0.1, -0.05) is 59.6 Å². The zero-order valence-corrected chi connectivity index (χ0v) is 43.3. The molecule has 4 heterocycles. The van der Waals surface area contributed by atoms with Gasteiger partial charge in [0.15, 0.2) is 11.6 Å². The third kappa shape index (κ3) is 17.7. The molecule has 0 saturated carbocycles. The molecule has 0 unspecified atom stereocenters. The molecular weight excluding hydrogens is 1040 g/mol. The number of carbonyl (C=O) groups is 6. The highest BCUT2D eigenvalue weighted by molar-refractivity contribution is 6.40. The SMILES string of the molecule is CC(C)(C)OC(=O)Nc1ccc(CN2C(=O)c3ccc(Cl)cc3CC(=O)[C@H]2Cc2ccccn2)cc1.ClCCl.Nc1ccc(CN2C(=O)c3ccc(Cl)cc3CC(=O)[C@H]2Cc2ccccn2)cc1.O=CC(F)(F)F. The molecule has 2 atom stereocenters. The largest absolute Gasteiger partial charge is 0.446 e. The van der Waals surface area contributed by atoms with Crippen LogP contribution in [0, 0.1) is 0 Å². The number of fused-ring (bicyclic) bond motifs is 2. The lowest BCUT2D eigenvalue weighted by Gasteiger charge is -2.29. The Balaban J connectivity index is 0.000000239. The fraction of sp³-hybridized carbons (Fsp3) is 0.259. The first-order chi connectivity index (χ1) is 35.1. The molecule has 0 radical (unpaired) electrons. The van der Waals surface area contributed by atoms with E-state index >= 15 is 0 Å². The molecule has 20 heteroatoms. The summed E-state index contributed by atoms with van der Waals surface area (Å²) in [7, 11) is 0. The molecule has 0 fully saturated rings. The highest BCUT2D eigenvalue weighted by Crippen LogP contribution is 2.29. The number of hydrogen-bond donors (Lipinski definition) is 2. The summed E-state index contributed by atoms with van der Waals surface area (Å²) in [6, 6.07) is 34.4. The Hall–Kier alpha value is -6.85. The van der Waals surface area contributed by atoms with Crippen LogP contribution in [0.3, 0.4) is 0 Å². The Morgan fingerprint density at radius 3 is 1.46 bits per heavy atom. The Labute approximate surface area is 446 Å². The molecule has 3 N–H and O–H groups in total. The van der Waals surface area contributed by atoms with Gasteiger partial charge in [-0.3, -0.25) is 39.3 Å². The van der Waals surface area contributed by atoms with Crippen molar-refractivity contribution >= 4 is 93.5 Å². The zero-order valence-electron chi connectivity index (χ0n) is 40.3. The van der Waals surface area contributed by atoms with Gasteiger partial charge >= 0.3 is 12.3 Å². The van der Waals surface area contributed by atoms with Crippen molar-refractivity contribution in [1.82, 2.24) is 19.8 Å². The van der Waals surface area contributed by atoms with Crippen LogP contribution in [0.25, 0.3) is 0 Å². The maximum Gasteiger partial charge on any atom is 0.446 e. The van der Waals surface area contributed by atoms with E-state index in [1.54, 1.807) is 104 Å². The fourth-order valence-corrected chi connectivity index (χ4v) is 8.15. The monoisotopic (exact) mass is 1090 g/mol. The molecule has 3 amide bonds. The quantitative estimate of drug-likeness (QED) is 0.0803. The minimum atomic E-state index is -4.64. The summed E-state index contributed by atoms with van der Waals surface area (Å²) in [4.78, 5) is 86.5. The number of benzene rings is 4. The van der Waals surface area contributed by atoms with Crippen LogP contribution in [0.15, 0.2) is 134 Å². The molecule has 2 aliphatic rings. The number of aromatic nitrogens is 2. The van der Waals surface area contributed by atoms with Crippen molar-refractivity contribution in [1.29, 1.82) is 0 Å². The summed E-state index contributed by atoms with van der Waals surface area (Å²) < 4.78 is 36.5. The first kappa shape index (κ1) is 58.0. The lowest BCUT2D eigenvalue weighted by atomic mass is 9.99. The number of alkyl halides is 5. The van der Waals surface area contributed by atoms with E-state index in [0.717, 1.165) is 22.5 Å². The van der Waals surface area contributed by atoms with Gasteiger partial charge in [-0.25, -0.2) is 4.79 Å². The Morgan fingerprint density at radius 2 is 1.09 bits per heavy atom. The smallest absolute Gasteiger partial charge is 0.444 e. The van der Waals surface area contributed by atoms with Crippen molar-refractivity contribution in [2.75, 3.05) is 16.4 Å². The highest BCUT2D eigenvalue weighted by atomic mass is 35.5. The average molecular weight is 1090 g/mol. The molecule has 0 aliphatic carbocycles. The molecule has 388 valence electrons. The number of ether oxygens (including phenoxy) is 1. The molecule has 4 aromatic carbocycles. The number of nitrogens with one attached hydrogen (secondary N) is 1. The van der Waals surface area contributed by atoms with Crippen LogP contribution in [-0.2, 0) is 57.9 Å². The summed E-state index contributed by atoms with van der Waals surface area (Å²) >= 11 is 21.8. The predicted octanol–water partition coefficient (Wildman–Crippen LogP) is 11.3. The number of Topliss-reactive ketones (excluding diaryl/α,β-unsaturated/α-hetero) is 2. The van der Waals surface area contributed by atoms with Crippen molar-refractivity contribution in [3.05, 3.63) is 189 Å². The minimum absolute atomic E-state index is 0.0273. The molecule has 2 aromatic heterocycles. The normalized spacial score (nSPS) is 15.3. The molecule has 0 saturated heterocycles. The number of anilines is 2. The van der Waals surface area contributed by atoms with Gasteiger partial charge in [0.2, 0.25) is 6.29 Å². The van der Waals surface area contributed by atoms with Gasteiger partial charge < -0.3 is 20.3 Å². The van der Waals surface area contributed by atoms with E-state index in [2.05, 4.69) is 15.3 Å². The Morgan fingerprint density at radius 1 is 0.689 bits per heavy atom. The standard InChI is InChI=1S/C28H28ClN3O4.C23H20ClN3O2.C2HF3O.CH2Cl2/c1-28(2,3)36-27(35)31-21-10-7-18(8-11-21)17-32-24(16-22-6-4-5-13-30-22)25(33)15-19-14-20(29)9-12-23(19)26(32)34;24-17-6-9-20-16(11-17)12-22(28)21(13-19-3-1-2-10-26-19)27(23(20)29)14-15-4-7-18(25)8-5-15;3-2(4,5)1-6;2-1-3/h4-14,24H,15-17H2,1-3H3,(H,31,35);1-11,21H,12-14,25H2;1H;1H2/t24-;21-;;/m11../s1. The highest BCUT2D eigenvalue weighted by Gasteiger charge is 2.37. The predicted molar refractivity (Wildman–Crippen MR) is 279 cm³/mol. The van der Waals surface area contributed by atoms with Gasteiger partial charge in [0.25, 0.3) is 11.8 Å². The lowest BCUT2D eigenvalue weighted by molar-refractivity contribution is -0.156. The van der Waals surface area contributed by atoms with E-state index in [0.29, 0.717) is 63.1 Å². The summed E-state index contributed by atoms with van der Waals surface area (Å²) in [5, 5.41) is 3.89. The first-order valence-electron chi connectivity index (χ1n) is 22.7. The Bertz CT molecular complexity index is 2890. The third-order valence-electron chi connectivity index (χ3n) is 11.0. The molecule has 0 spiro atoms. The second-order valence-corrected chi connectivity index (χ2v) is 19.3. The van der Waals surface area contributed by atoms with E-state index in [4.69, 9.17) is 61.7 Å². The molecule has 74 heavy (non-hydrogen) atoms. The van der Waals surface area contributed by atoms with Gasteiger partial charge in [0.05, 0.1) is 17.4 Å². The van der Waals surface area contributed by atoms with Crippen LogP contribution in [0.5, 0.6) is 0 Å². The molecule has 2 aliphatic heterocycles. The number of pyridine rings is 2. The summed E-state index contributed by atoms with van der Waals surface area (Å²) in [6.45, 7) is 5.91. The number of aldehydes is 1. The van der Waals surface area contributed by atoms with Crippen LogP contribution in [0.2, 0.25) is 10.0 Å². The molecule has 13 nitrogen and oxygen atoms in total. The van der Waals surface area contributed by atoms with E-state index in [1.807, 2.05) is 60.7 Å². The molecular formula is C54H51Cl4F3N6O7. The number of nitrogens with two attached hydrogens (primary N) is 1. The van der Waals surface area contributed by atoms with Crippen molar-refractivity contribution < 1.29 is 46.7 Å². The molecule has 0 bridgehead atoms. The van der Waals surface area contributed by atoms with E-state index < -0.39 is 36.2 Å². The second kappa shape index (κ2) is 26.9. The summed E-state index contributed by atoms with van der Waals surface area (Å²) in [5.74, 6) is -0.511. The van der Waals surface area contributed by atoms with Gasteiger partial charge in [0.1, 0.15) is 5.60 Å². The molecule has 8 rings (SSSR count). The maximum atomic E-state index is 13.7. The number of hydrogen-bond acceptors (Lipinski definition) is 10. The van der Waals surface area contributed by atoms with E-state index in [1.165, 1.54) is 0 Å². The van der Waals surface area contributed by atoms with E-state index in [9.17, 15) is 37.1 Å². The van der Waals surface area contributed by atoms with Crippen LogP contribution >= 0.6 is 46.4 Å². The Kier molecular flexibility index (Phi) is 21.1. The topological polar surface area (TPSA) is 182 Å². The van der Waals surface area contributed by atoms with Crippen molar-refractivity contribution in [3.63, 3.8) is 0 Å². The van der Waals surface area contributed by atoms with Crippen LogP contribution < -0.4 is 11.1 Å². The van der Waals surface area contributed by atoms with Gasteiger partial charge in [-0.15, -0.1) is 23.2 Å². The zero-order chi connectivity index (χ0) is 54.2. The van der Waals surface area contributed by atoms with Crippen LogP contribution in [-0.4, -0.2) is 84.7 Å². The molecule has 6 aromatic rings. The van der Waals surface area contributed by atoms with Crippen molar-refractivity contribution in [3.8, 4) is 0 Å². The number of nitrogen functional groups attached to an aromatic ring is 1. The fourth-order valence-electron chi connectivity index (χ4n) is 7.76. The number of carbonyl (C=O) groups excluding carboxylic acids is 6.